The van der Waals surface area contributed by atoms with E-state index in [2.05, 4.69) is 15.5 Å². The van der Waals surface area contributed by atoms with E-state index in [1.54, 1.807) is 12.3 Å². The number of carbonyl (C=O) groups is 1. The number of hydrogen-bond acceptors (Lipinski definition) is 3. The van der Waals surface area contributed by atoms with E-state index in [0.717, 1.165) is 43.5 Å². The highest BCUT2D eigenvalue weighted by molar-refractivity contribution is 5.75. The number of amides is 2. The van der Waals surface area contributed by atoms with Crippen LogP contribution in [0.15, 0.2) is 30.5 Å². The summed E-state index contributed by atoms with van der Waals surface area (Å²) in [7, 11) is 0. The lowest BCUT2D eigenvalue weighted by Gasteiger charge is -2.33. The lowest BCUT2D eigenvalue weighted by molar-refractivity contribution is 0.174. The van der Waals surface area contributed by atoms with Gasteiger partial charge in [0.1, 0.15) is 11.6 Å². The summed E-state index contributed by atoms with van der Waals surface area (Å²) in [5.74, 6) is 0.492. The zero-order valence-corrected chi connectivity index (χ0v) is 14.6. The fraction of sp³-hybridized carbons (Fsp3) is 0.474. The molecular formula is C19H23FN4O2. The van der Waals surface area contributed by atoms with E-state index in [1.807, 2.05) is 11.0 Å². The molecule has 2 N–H and O–H groups in total. The molecule has 26 heavy (non-hydrogen) atoms. The highest BCUT2D eigenvalue weighted by Crippen LogP contribution is 2.32. The minimum atomic E-state index is -0.325. The fourth-order valence-electron chi connectivity index (χ4n) is 3.85. The highest BCUT2D eigenvalue weighted by Gasteiger charge is 2.28. The molecule has 7 heteroatoms. The average Bonchev–Trinajstić information content (AvgIpc) is 3.12. The number of rotatable bonds is 2. The molecule has 3 heterocycles. The van der Waals surface area contributed by atoms with Gasteiger partial charge in [-0.1, -0.05) is 6.07 Å². The Morgan fingerprint density at radius 3 is 3.08 bits per heavy atom. The molecule has 1 aromatic carbocycles. The summed E-state index contributed by atoms with van der Waals surface area (Å²) in [6, 6.07) is 6.27. The van der Waals surface area contributed by atoms with Gasteiger partial charge in [-0.15, -0.1) is 0 Å². The standard InChI is InChI=1S/C19H23FN4O2/c20-14-5-6-15-17(4-2-10-26-18(15)11-14)22-19(25)24-9-1-3-13(12-24)16-7-8-21-23-16/h5-8,11,13,17H,1-4,9-10,12H2,(H,21,23)(H,22,25). The summed E-state index contributed by atoms with van der Waals surface area (Å²) in [4.78, 5) is 14.7. The lowest BCUT2D eigenvalue weighted by Crippen LogP contribution is -2.46. The Hall–Kier alpha value is -2.57. The molecule has 2 aliphatic rings. The number of benzene rings is 1. The second-order valence-corrected chi connectivity index (χ2v) is 6.97. The van der Waals surface area contributed by atoms with E-state index in [-0.39, 0.29) is 23.8 Å². The van der Waals surface area contributed by atoms with Crippen molar-refractivity contribution >= 4 is 6.03 Å². The smallest absolute Gasteiger partial charge is 0.317 e. The molecule has 2 atom stereocenters. The number of halogens is 1. The van der Waals surface area contributed by atoms with Crippen LogP contribution in [0.1, 0.15) is 48.9 Å². The zero-order chi connectivity index (χ0) is 17.9. The van der Waals surface area contributed by atoms with Gasteiger partial charge in [-0.25, -0.2) is 9.18 Å². The third-order valence-electron chi connectivity index (χ3n) is 5.21. The number of aromatic nitrogens is 2. The number of piperidine rings is 1. The van der Waals surface area contributed by atoms with Crippen molar-refractivity contribution in [3.05, 3.63) is 47.5 Å². The number of ether oxygens (including phenoxy) is 1. The van der Waals surface area contributed by atoms with Crippen LogP contribution in [0.4, 0.5) is 9.18 Å². The first kappa shape index (κ1) is 16.9. The molecule has 1 aromatic heterocycles. The molecule has 2 unspecified atom stereocenters. The van der Waals surface area contributed by atoms with Crippen molar-refractivity contribution < 1.29 is 13.9 Å². The van der Waals surface area contributed by atoms with Crippen molar-refractivity contribution in [3.63, 3.8) is 0 Å². The maximum Gasteiger partial charge on any atom is 0.317 e. The molecular weight excluding hydrogens is 335 g/mol. The van der Waals surface area contributed by atoms with Crippen LogP contribution < -0.4 is 10.1 Å². The maximum absolute atomic E-state index is 13.5. The van der Waals surface area contributed by atoms with Gasteiger partial charge < -0.3 is 15.0 Å². The summed E-state index contributed by atoms with van der Waals surface area (Å²) in [6.07, 6.45) is 5.36. The molecule has 0 radical (unpaired) electrons. The first-order chi connectivity index (χ1) is 12.7. The number of carbonyl (C=O) groups excluding carboxylic acids is 1. The van der Waals surface area contributed by atoms with Crippen LogP contribution in [-0.4, -0.2) is 40.8 Å². The van der Waals surface area contributed by atoms with Gasteiger partial charge in [0.05, 0.1) is 12.6 Å². The van der Waals surface area contributed by atoms with Crippen molar-refractivity contribution in [1.29, 1.82) is 0 Å². The Balaban J connectivity index is 1.46. The van der Waals surface area contributed by atoms with Crippen molar-refractivity contribution in [2.45, 2.75) is 37.6 Å². The molecule has 1 saturated heterocycles. The Morgan fingerprint density at radius 1 is 1.31 bits per heavy atom. The van der Waals surface area contributed by atoms with Crippen LogP contribution in [0.5, 0.6) is 5.75 Å². The van der Waals surface area contributed by atoms with Crippen LogP contribution in [0.25, 0.3) is 0 Å². The third-order valence-corrected chi connectivity index (χ3v) is 5.21. The summed E-state index contributed by atoms with van der Waals surface area (Å²) in [5, 5.41) is 10.2. The number of urea groups is 1. The number of nitrogens with one attached hydrogen (secondary N) is 2. The number of H-pyrrole nitrogens is 1. The van der Waals surface area contributed by atoms with E-state index in [9.17, 15) is 9.18 Å². The average molecular weight is 358 g/mol. The van der Waals surface area contributed by atoms with Crippen LogP contribution >= 0.6 is 0 Å². The van der Waals surface area contributed by atoms with Crippen LogP contribution in [0.2, 0.25) is 0 Å². The predicted octanol–water partition coefficient (Wildman–Crippen LogP) is 3.35. The normalized spacial score (nSPS) is 22.9. The number of fused-ring (bicyclic) bond motifs is 1. The molecule has 138 valence electrons. The molecule has 4 rings (SSSR count). The van der Waals surface area contributed by atoms with E-state index < -0.39 is 0 Å². The summed E-state index contributed by atoms with van der Waals surface area (Å²) >= 11 is 0. The van der Waals surface area contributed by atoms with Gasteiger partial charge in [0.25, 0.3) is 0 Å². The first-order valence-corrected chi connectivity index (χ1v) is 9.17. The van der Waals surface area contributed by atoms with Crippen LogP contribution in [-0.2, 0) is 0 Å². The number of aromatic amines is 1. The molecule has 2 amide bonds. The van der Waals surface area contributed by atoms with E-state index in [4.69, 9.17) is 4.74 Å². The van der Waals surface area contributed by atoms with Gasteiger partial charge in [-0.2, -0.15) is 5.10 Å². The molecule has 2 aromatic rings. The number of nitrogens with zero attached hydrogens (tertiary/aromatic N) is 2. The maximum atomic E-state index is 13.5. The summed E-state index contributed by atoms with van der Waals surface area (Å²) in [6.45, 7) is 1.96. The first-order valence-electron chi connectivity index (χ1n) is 9.17. The van der Waals surface area contributed by atoms with Gasteiger partial charge >= 0.3 is 6.03 Å². The fourth-order valence-corrected chi connectivity index (χ4v) is 3.85. The highest BCUT2D eigenvalue weighted by atomic mass is 19.1. The minimum Gasteiger partial charge on any atom is -0.493 e. The van der Waals surface area contributed by atoms with Gasteiger partial charge in [0.2, 0.25) is 0 Å². The Kier molecular flexibility index (Phi) is 4.77. The Labute approximate surface area is 151 Å². The van der Waals surface area contributed by atoms with E-state index in [1.165, 1.54) is 12.1 Å². The molecule has 2 aliphatic heterocycles. The van der Waals surface area contributed by atoms with E-state index in [0.29, 0.717) is 18.9 Å². The molecule has 1 fully saturated rings. The van der Waals surface area contributed by atoms with Crippen molar-refractivity contribution in [3.8, 4) is 5.75 Å². The number of hydrogen-bond donors (Lipinski definition) is 2. The number of likely N-dealkylation sites (tertiary alicyclic amines) is 1. The molecule has 0 aliphatic carbocycles. The van der Waals surface area contributed by atoms with Crippen molar-refractivity contribution in [2.24, 2.45) is 0 Å². The quantitative estimate of drug-likeness (QED) is 0.865. The topological polar surface area (TPSA) is 70.2 Å². The van der Waals surface area contributed by atoms with E-state index >= 15 is 0 Å². The van der Waals surface area contributed by atoms with Crippen molar-refractivity contribution in [2.75, 3.05) is 19.7 Å². The molecule has 0 spiro atoms. The Morgan fingerprint density at radius 2 is 2.23 bits per heavy atom. The zero-order valence-electron chi connectivity index (χ0n) is 14.6. The second kappa shape index (κ2) is 7.35. The lowest BCUT2D eigenvalue weighted by atomic mass is 9.95. The third kappa shape index (κ3) is 3.52. The van der Waals surface area contributed by atoms with Gasteiger partial charge in [0.15, 0.2) is 0 Å². The summed E-state index contributed by atoms with van der Waals surface area (Å²) in [5.41, 5.74) is 1.92. The molecule has 0 saturated carbocycles. The largest absolute Gasteiger partial charge is 0.493 e. The van der Waals surface area contributed by atoms with Crippen LogP contribution in [0, 0.1) is 5.82 Å². The summed E-state index contributed by atoms with van der Waals surface area (Å²) < 4.78 is 19.1. The van der Waals surface area contributed by atoms with Crippen molar-refractivity contribution in [1.82, 2.24) is 20.4 Å². The predicted molar refractivity (Wildman–Crippen MR) is 94.5 cm³/mol. The molecule has 6 nitrogen and oxygen atoms in total. The second-order valence-electron chi connectivity index (χ2n) is 6.97. The van der Waals surface area contributed by atoms with Gasteiger partial charge in [-0.3, -0.25) is 5.10 Å². The minimum absolute atomic E-state index is 0.0728. The van der Waals surface area contributed by atoms with Gasteiger partial charge in [0, 0.05) is 42.5 Å². The van der Waals surface area contributed by atoms with Gasteiger partial charge in [-0.05, 0) is 37.8 Å². The SMILES string of the molecule is O=C(NC1CCCOc2cc(F)ccc21)N1CCCC(c2ccn[nH]2)C1. The van der Waals surface area contributed by atoms with Crippen LogP contribution in [0.3, 0.4) is 0 Å². The Bertz CT molecular complexity index is 765. The molecule has 0 bridgehead atoms. The monoisotopic (exact) mass is 358 g/mol.